The molecular formula is C12H16N4. The predicted molar refractivity (Wildman–Crippen MR) is 63.9 cm³/mol. The third-order valence-corrected chi connectivity index (χ3v) is 2.72. The molecule has 4 nitrogen and oxygen atoms in total. The van der Waals surface area contributed by atoms with Gasteiger partial charge in [0.25, 0.3) is 0 Å². The Kier molecular flexibility index (Phi) is 3.01. The number of rotatable bonds is 3. The minimum Gasteiger partial charge on any atom is -0.334 e. The number of nitrogens with one attached hydrogen (secondary N) is 1. The van der Waals surface area contributed by atoms with E-state index in [0.717, 1.165) is 23.6 Å². The molecule has 0 unspecified atom stereocenters. The highest BCUT2D eigenvalue weighted by Gasteiger charge is 2.12. The van der Waals surface area contributed by atoms with E-state index < -0.39 is 0 Å². The van der Waals surface area contributed by atoms with E-state index in [0.29, 0.717) is 0 Å². The highest BCUT2D eigenvalue weighted by molar-refractivity contribution is 5.61. The molecule has 0 aliphatic rings. The normalized spacial score (nSPS) is 10.7. The van der Waals surface area contributed by atoms with Gasteiger partial charge in [0.15, 0.2) is 0 Å². The van der Waals surface area contributed by atoms with Crippen LogP contribution < -0.4 is 5.32 Å². The molecule has 2 rings (SSSR count). The molecule has 2 heterocycles. The number of hydrogen-bond acceptors (Lipinski definition) is 3. The molecular weight excluding hydrogens is 200 g/mol. The van der Waals surface area contributed by atoms with Crippen LogP contribution in [-0.4, -0.2) is 21.6 Å². The van der Waals surface area contributed by atoms with Crippen LogP contribution in [0.15, 0.2) is 24.5 Å². The van der Waals surface area contributed by atoms with Gasteiger partial charge in [0.2, 0.25) is 0 Å². The number of aryl methyl sites for hydroxylation is 1. The van der Waals surface area contributed by atoms with Gasteiger partial charge in [0.05, 0.1) is 11.4 Å². The Morgan fingerprint density at radius 3 is 2.88 bits per heavy atom. The molecule has 0 spiro atoms. The van der Waals surface area contributed by atoms with Gasteiger partial charge >= 0.3 is 0 Å². The Hall–Kier alpha value is -1.68. The third-order valence-electron chi connectivity index (χ3n) is 2.72. The number of aromatic nitrogens is 3. The van der Waals surface area contributed by atoms with Crippen molar-refractivity contribution < 1.29 is 0 Å². The zero-order chi connectivity index (χ0) is 11.5. The lowest BCUT2D eigenvalue weighted by atomic mass is 10.1. The second kappa shape index (κ2) is 4.45. The van der Waals surface area contributed by atoms with E-state index in [2.05, 4.69) is 19.9 Å². The maximum Gasteiger partial charge on any atom is 0.106 e. The van der Waals surface area contributed by atoms with Crippen LogP contribution in [0.25, 0.3) is 11.3 Å². The smallest absolute Gasteiger partial charge is 0.106 e. The minimum absolute atomic E-state index is 0.807. The first-order chi connectivity index (χ1) is 7.74. The van der Waals surface area contributed by atoms with E-state index >= 15 is 0 Å². The van der Waals surface area contributed by atoms with E-state index in [1.165, 1.54) is 5.69 Å². The molecule has 84 valence electrons. The first-order valence-corrected chi connectivity index (χ1v) is 5.31. The lowest BCUT2D eigenvalue weighted by molar-refractivity contribution is 0.722. The van der Waals surface area contributed by atoms with Crippen molar-refractivity contribution in [1.82, 2.24) is 19.9 Å². The lowest BCUT2D eigenvalue weighted by Gasteiger charge is -2.05. The monoisotopic (exact) mass is 216 g/mol. The molecule has 16 heavy (non-hydrogen) atoms. The zero-order valence-corrected chi connectivity index (χ0v) is 9.86. The van der Waals surface area contributed by atoms with Gasteiger partial charge in [-0.05, 0) is 26.1 Å². The molecule has 2 aromatic heterocycles. The van der Waals surface area contributed by atoms with Crippen molar-refractivity contribution in [2.45, 2.75) is 13.5 Å². The Balaban J connectivity index is 2.52. The zero-order valence-electron chi connectivity index (χ0n) is 9.86. The quantitative estimate of drug-likeness (QED) is 0.845. The highest BCUT2D eigenvalue weighted by Crippen LogP contribution is 2.22. The van der Waals surface area contributed by atoms with Gasteiger partial charge in [-0.1, -0.05) is 0 Å². The molecule has 0 bridgehead atoms. The summed E-state index contributed by atoms with van der Waals surface area (Å²) in [5, 5.41) is 3.17. The SMILES string of the molecule is CNCc1c(-c2cccnc2)nc(C)n1C. The molecule has 4 heteroatoms. The molecule has 0 fully saturated rings. The van der Waals surface area contributed by atoms with Crippen LogP contribution in [0.4, 0.5) is 0 Å². The molecule has 0 aliphatic carbocycles. The van der Waals surface area contributed by atoms with Crippen LogP contribution in [0.2, 0.25) is 0 Å². The van der Waals surface area contributed by atoms with E-state index in [9.17, 15) is 0 Å². The van der Waals surface area contributed by atoms with Gasteiger partial charge in [0.1, 0.15) is 5.82 Å². The average Bonchev–Trinajstić information content (AvgIpc) is 2.59. The average molecular weight is 216 g/mol. The van der Waals surface area contributed by atoms with E-state index in [1.54, 1.807) is 6.20 Å². The van der Waals surface area contributed by atoms with Gasteiger partial charge in [-0.3, -0.25) is 4.98 Å². The Morgan fingerprint density at radius 1 is 1.44 bits per heavy atom. The summed E-state index contributed by atoms with van der Waals surface area (Å²) in [4.78, 5) is 8.71. The minimum atomic E-state index is 0.807. The highest BCUT2D eigenvalue weighted by atomic mass is 15.1. The van der Waals surface area contributed by atoms with E-state index in [4.69, 9.17) is 0 Å². The first kappa shape index (κ1) is 10.8. The van der Waals surface area contributed by atoms with Crippen molar-refractivity contribution in [3.05, 3.63) is 36.0 Å². The fraction of sp³-hybridized carbons (Fsp3) is 0.333. The summed E-state index contributed by atoms with van der Waals surface area (Å²) in [5.41, 5.74) is 3.27. The van der Waals surface area contributed by atoms with Crippen molar-refractivity contribution in [2.24, 2.45) is 7.05 Å². The van der Waals surface area contributed by atoms with Gasteiger partial charge in [-0.2, -0.15) is 0 Å². The largest absolute Gasteiger partial charge is 0.334 e. The van der Waals surface area contributed by atoms with Crippen LogP contribution in [0.3, 0.4) is 0 Å². The molecule has 1 N–H and O–H groups in total. The number of nitrogens with zero attached hydrogens (tertiary/aromatic N) is 3. The van der Waals surface area contributed by atoms with Gasteiger partial charge in [-0.25, -0.2) is 4.98 Å². The van der Waals surface area contributed by atoms with Crippen LogP contribution in [0, 0.1) is 6.92 Å². The Morgan fingerprint density at radius 2 is 2.25 bits per heavy atom. The summed E-state index contributed by atoms with van der Waals surface area (Å²) >= 11 is 0. The van der Waals surface area contributed by atoms with Gasteiger partial charge in [-0.15, -0.1) is 0 Å². The van der Waals surface area contributed by atoms with Crippen molar-refractivity contribution in [3.8, 4) is 11.3 Å². The molecule has 0 aliphatic heterocycles. The Bertz CT molecular complexity index is 473. The second-order valence-electron chi connectivity index (χ2n) is 3.79. The summed E-state index contributed by atoms with van der Waals surface area (Å²) in [6.07, 6.45) is 3.62. The van der Waals surface area contributed by atoms with Crippen molar-refractivity contribution >= 4 is 0 Å². The molecule has 0 atom stereocenters. The third kappa shape index (κ3) is 1.84. The van der Waals surface area contributed by atoms with E-state index in [-0.39, 0.29) is 0 Å². The fourth-order valence-electron chi connectivity index (χ4n) is 1.76. The maximum atomic E-state index is 4.58. The van der Waals surface area contributed by atoms with Gasteiger partial charge < -0.3 is 9.88 Å². The first-order valence-electron chi connectivity index (χ1n) is 5.31. The molecule has 0 amide bonds. The molecule has 0 aromatic carbocycles. The molecule has 0 radical (unpaired) electrons. The standard InChI is InChI=1S/C12H16N4/c1-9-15-12(10-5-4-6-14-7-10)11(8-13-2)16(9)3/h4-7,13H,8H2,1-3H3. The van der Waals surface area contributed by atoms with Crippen LogP contribution in [0.1, 0.15) is 11.5 Å². The maximum absolute atomic E-state index is 4.58. The predicted octanol–water partition coefficient (Wildman–Crippen LogP) is 1.51. The van der Waals surface area contributed by atoms with E-state index in [1.807, 2.05) is 39.3 Å². The van der Waals surface area contributed by atoms with Crippen molar-refractivity contribution in [1.29, 1.82) is 0 Å². The Labute approximate surface area is 95.4 Å². The summed E-state index contributed by atoms with van der Waals surface area (Å²) in [6.45, 7) is 2.82. The molecule has 2 aromatic rings. The van der Waals surface area contributed by atoms with Crippen molar-refractivity contribution in [3.63, 3.8) is 0 Å². The summed E-state index contributed by atoms with van der Waals surface area (Å²) in [5.74, 6) is 1.02. The summed E-state index contributed by atoms with van der Waals surface area (Å²) in [7, 11) is 3.98. The molecule has 0 saturated carbocycles. The van der Waals surface area contributed by atoms with Crippen LogP contribution >= 0.6 is 0 Å². The topological polar surface area (TPSA) is 42.7 Å². The second-order valence-corrected chi connectivity index (χ2v) is 3.79. The van der Waals surface area contributed by atoms with Crippen LogP contribution in [-0.2, 0) is 13.6 Å². The fourth-order valence-corrected chi connectivity index (χ4v) is 1.76. The molecule has 0 saturated heterocycles. The number of imidazole rings is 1. The summed E-state index contributed by atoms with van der Waals surface area (Å²) < 4.78 is 2.11. The number of hydrogen-bond donors (Lipinski definition) is 1. The van der Waals surface area contributed by atoms with Crippen LogP contribution in [0.5, 0.6) is 0 Å². The van der Waals surface area contributed by atoms with Gasteiger partial charge in [0, 0.05) is 31.5 Å². The summed E-state index contributed by atoms with van der Waals surface area (Å²) in [6, 6.07) is 3.97. The van der Waals surface area contributed by atoms with Crippen molar-refractivity contribution in [2.75, 3.05) is 7.05 Å². The lowest BCUT2D eigenvalue weighted by Crippen LogP contribution is -2.10. The number of pyridine rings is 1.